The third kappa shape index (κ3) is 4.41. The van der Waals surface area contributed by atoms with Gasteiger partial charge in [0.2, 0.25) is 0 Å². The molecule has 0 bridgehead atoms. The highest BCUT2D eigenvalue weighted by Gasteiger charge is 2.27. The zero-order valence-electron chi connectivity index (χ0n) is 14.1. The van der Waals surface area contributed by atoms with Crippen LogP contribution in [0.1, 0.15) is 34.6 Å². The minimum atomic E-state index is -0.142. The summed E-state index contributed by atoms with van der Waals surface area (Å²) in [6.07, 6.45) is 1.56. The Bertz CT molecular complexity index is 778. The lowest BCUT2D eigenvalue weighted by atomic mass is 10.1. The Morgan fingerprint density at radius 2 is 1.92 bits per heavy atom. The first-order valence-electron chi connectivity index (χ1n) is 8.15. The van der Waals surface area contributed by atoms with Crippen LogP contribution in [0.2, 0.25) is 10.0 Å². The number of hydrogen-bond acceptors (Lipinski definition) is 4. The Labute approximate surface area is 156 Å². The molecule has 3 rings (SSSR count). The molecule has 2 heterocycles. The third-order valence-corrected chi connectivity index (χ3v) is 4.62. The van der Waals surface area contributed by atoms with Crippen molar-refractivity contribution in [2.24, 2.45) is 0 Å². The smallest absolute Gasteiger partial charge is 0.317 e. The maximum absolute atomic E-state index is 12.8. The Balaban J connectivity index is 1.72. The lowest BCUT2D eigenvalue weighted by molar-refractivity contribution is 0.0515. The zero-order valence-corrected chi connectivity index (χ0v) is 15.6. The van der Waals surface area contributed by atoms with Gasteiger partial charge in [-0.25, -0.2) is 9.97 Å². The summed E-state index contributed by atoms with van der Waals surface area (Å²) in [6, 6.07) is 7.16. The van der Waals surface area contributed by atoms with Crippen LogP contribution in [0.25, 0.3) is 0 Å². The largest absolute Gasteiger partial charge is 0.458 e. The predicted molar refractivity (Wildman–Crippen MR) is 97.5 cm³/mol. The second-order valence-corrected chi connectivity index (χ2v) is 7.03. The number of ether oxygens (including phenoxy) is 1. The summed E-state index contributed by atoms with van der Waals surface area (Å²) in [7, 11) is 0. The fraction of sp³-hybridized carbons (Fsp3) is 0.389. The molecule has 1 aliphatic heterocycles. The van der Waals surface area contributed by atoms with Gasteiger partial charge in [0, 0.05) is 23.0 Å². The van der Waals surface area contributed by atoms with E-state index < -0.39 is 0 Å². The van der Waals surface area contributed by atoms with E-state index in [-0.39, 0.29) is 12.0 Å². The van der Waals surface area contributed by atoms with Gasteiger partial charge in [0.05, 0.1) is 17.1 Å². The Morgan fingerprint density at radius 3 is 2.64 bits per heavy atom. The number of nitrogens with zero attached hydrogens (tertiary/aromatic N) is 3. The number of aryl methyl sites for hydroxylation is 2. The van der Waals surface area contributed by atoms with Gasteiger partial charge in [-0.15, -0.1) is 0 Å². The van der Waals surface area contributed by atoms with Crippen LogP contribution in [0.3, 0.4) is 0 Å². The standard InChI is InChI=1S/C18H19Cl2N3O2/c1-11-8-12(2)22-18(21-11)25-14-4-3-7-23(10-14)17(24)15-9-13(19)5-6-16(15)20/h5-6,8-9,14H,3-4,7,10H2,1-2H3. The molecule has 1 aliphatic rings. The average molecular weight is 380 g/mol. The van der Waals surface area contributed by atoms with Crippen molar-refractivity contribution in [2.45, 2.75) is 32.8 Å². The van der Waals surface area contributed by atoms with Gasteiger partial charge < -0.3 is 9.64 Å². The van der Waals surface area contributed by atoms with Crippen molar-refractivity contribution in [1.29, 1.82) is 0 Å². The average Bonchev–Trinajstić information content (AvgIpc) is 2.56. The number of halogens is 2. The number of aromatic nitrogens is 2. The van der Waals surface area contributed by atoms with Gasteiger partial charge >= 0.3 is 6.01 Å². The first-order chi connectivity index (χ1) is 11.9. The molecule has 0 saturated carbocycles. The normalized spacial score (nSPS) is 17.4. The van der Waals surface area contributed by atoms with Crippen molar-refractivity contribution in [2.75, 3.05) is 13.1 Å². The van der Waals surface area contributed by atoms with E-state index in [1.54, 1.807) is 23.1 Å². The summed E-state index contributed by atoms with van der Waals surface area (Å²) in [4.78, 5) is 23.1. The fourth-order valence-corrected chi connectivity index (χ4v) is 3.32. The fourth-order valence-electron chi connectivity index (χ4n) is 2.95. The molecule has 0 aliphatic carbocycles. The molecule has 1 saturated heterocycles. The van der Waals surface area contributed by atoms with Gasteiger partial charge in [0.15, 0.2) is 0 Å². The van der Waals surface area contributed by atoms with E-state index in [9.17, 15) is 4.79 Å². The van der Waals surface area contributed by atoms with Gasteiger partial charge in [0.1, 0.15) is 6.10 Å². The Morgan fingerprint density at radius 1 is 1.20 bits per heavy atom. The summed E-state index contributed by atoms with van der Waals surface area (Å²) in [6.45, 7) is 4.94. The van der Waals surface area contributed by atoms with Gasteiger partial charge in [-0.1, -0.05) is 23.2 Å². The van der Waals surface area contributed by atoms with Crippen molar-refractivity contribution in [3.63, 3.8) is 0 Å². The van der Waals surface area contributed by atoms with Crippen molar-refractivity contribution in [3.8, 4) is 6.01 Å². The number of benzene rings is 1. The molecule has 2 aromatic rings. The number of likely N-dealkylation sites (tertiary alicyclic amines) is 1. The molecule has 5 nitrogen and oxygen atoms in total. The Kier molecular flexibility index (Phi) is 5.45. The first kappa shape index (κ1) is 18.0. The third-order valence-electron chi connectivity index (χ3n) is 4.06. The van der Waals surface area contributed by atoms with Crippen LogP contribution in [0, 0.1) is 13.8 Å². The summed E-state index contributed by atoms with van der Waals surface area (Å²) in [5, 5.41) is 0.885. The van der Waals surface area contributed by atoms with E-state index in [4.69, 9.17) is 27.9 Å². The number of carbonyl (C=O) groups excluding carboxylic acids is 1. The van der Waals surface area contributed by atoms with E-state index >= 15 is 0 Å². The molecular formula is C18H19Cl2N3O2. The highest BCUT2D eigenvalue weighted by molar-refractivity contribution is 6.35. The summed E-state index contributed by atoms with van der Waals surface area (Å²) < 4.78 is 5.91. The lowest BCUT2D eigenvalue weighted by Gasteiger charge is -2.32. The Hall–Kier alpha value is -1.85. The molecule has 0 radical (unpaired) electrons. The van der Waals surface area contributed by atoms with E-state index in [2.05, 4.69) is 9.97 Å². The molecule has 7 heteroatoms. The molecule has 0 spiro atoms. The lowest BCUT2D eigenvalue weighted by Crippen LogP contribution is -2.44. The highest BCUT2D eigenvalue weighted by Crippen LogP contribution is 2.24. The minimum absolute atomic E-state index is 0.137. The molecule has 1 atom stereocenters. The van der Waals surface area contributed by atoms with Gasteiger partial charge in [-0.05, 0) is 51.0 Å². The molecule has 25 heavy (non-hydrogen) atoms. The summed E-state index contributed by atoms with van der Waals surface area (Å²) in [5.74, 6) is -0.137. The molecule has 0 N–H and O–H groups in total. The molecule has 1 aromatic heterocycles. The maximum Gasteiger partial charge on any atom is 0.317 e. The molecule has 1 unspecified atom stereocenters. The van der Waals surface area contributed by atoms with Gasteiger partial charge in [0.25, 0.3) is 5.91 Å². The molecule has 1 amide bonds. The number of rotatable bonds is 3. The van der Waals surface area contributed by atoms with E-state index in [1.165, 1.54) is 0 Å². The SMILES string of the molecule is Cc1cc(C)nc(OC2CCCN(C(=O)c3cc(Cl)ccc3Cl)C2)n1. The van der Waals surface area contributed by atoms with Crippen molar-refractivity contribution < 1.29 is 9.53 Å². The highest BCUT2D eigenvalue weighted by atomic mass is 35.5. The molecule has 132 valence electrons. The predicted octanol–water partition coefficient (Wildman–Crippen LogP) is 4.08. The topological polar surface area (TPSA) is 55.3 Å². The van der Waals surface area contributed by atoms with Crippen molar-refractivity contribution in [1.82, 2.24) is 14.9 Å². The van der Waals surface area contributed by atoms with Crippen LogP contribution in [0.4, 0.5) is 0 Å². The quantitative estimate of drug-likeness (QED) is 0.805. The van der Waals surface area contributed by atoms with Crippen LogP contribution in [0.15, 0.2) is 24.3 Å². The van der Waals surface area contributed by atoms with Crippen LogP contribution < -0.4 is 4.74 Å². The van der Waals surface area contributed by atoms with Crippen molar-refractivity contribution in [3.05, 3.63) is 51.3 Å². The molecule has 1 fully saturated rings. The second-order valence-electron chi connectivity index (χ2n) is 6.19. The molecule has 1 aromatic carbocycles. The summed E-state index contributed by atoms with van der Waals surface area (Å²) >= 11 is 12.1. The van der Waals surface area contributed by atoms with Gasteiger partial charge in [-0.2, -0.15) is 0 Å². The summed E-state index contributed by atoms with van der Waals surface area (Å²) in [5.41, 5.74) is 2.13. The zero-order chi connectivity index (χ0) is 18.0. The number of piperidine rings is 1. The minimum Gasteiger partial charge on any atom is -0.458 e. The molecular weight excluding hydrogens is 361 g/mol. The number of amides is 1. The van der Waals surface area contributed by atoms with Crippen molar-refractivity contribution >= 4 is 29.1 Å². The van der Waals surface area contributed by atoms with E-state index in [0.717, 1.165) is 24.2 Å². The number of carbonyl (C=O) groups is 1. The second kappa shape index (κ2) is 7.58. The maximum atomic E-state index is 12.8. The van der Waals surface area contributed by atoms with Crippen LogP contribution in [0.5, 0.6) is 6.01 Å². The van der Waals surface area contributed by atoms with E-state index in [1.807, 2.05) is 19.9 Å². The monoisotopic (exact) mass is 379 g/mol. The first-order valence-corrected chi connectivity index (χ1v) is 8.91. The van der Waals surface area contributed by atoms with Crippen LogP contribution >= 0.6 is 23.2 Å². The van der Waals surface area contributed by atoms with Crippen LogP contribution in [-0.4, -0.2) is 40.0 Å². The van der Waals surface area contributed by atoms with Crippen LogP contribution in [-0.2, 0) is 0 Å². The van der Waals surface area contributed by atoms with Gasteiger partial charge in [-0.3, -0.25) is 4.79 Å². The number of hydrogen-bond donors (Lipinski definition) is 0. The van der Waals surface area contributed by atoms with E-state index in [0.29, 0.717) is 34.7 Å².